The fourth-order valence-electron chi connectivity index (χ4n) is 8.15. The summed E-state index contributed by atoms with van der Waals surface area (Å²) in [6, 6.07) is 11.4. The van der Waals surface area contributed by atoms with Crippen LogP contribution in [0.1, 0.15) is 68.9 Å². The lowest BCUT2D eigenvalue weighted by Crippen LogP contribution is -2.48. The Labute approximate surface area is 222 Å². The number of nitrogens with zero attached hydrogens (tertiary/aromatic N) is 2. The van der Waals surface area contributed by atoms with Crippen molar-refractivity contribution in [3.8, 4) is 16.9 Å². The minimum absolute atomic E-state index is 0.0772. The molecule has 8 rings (SSSR count). The number of benzene rings is 2. The molecule has 5 fully saturated rings. The third kappa shape index (κ3) is 4.21. The number of hydrogen-bond donors (Lipinski definition) is 1. The number of amidine groups is 1. The summed E-state index contributed by atoms with van der Waals surface area (Å²) in [5.41, 5.74) is 3.40. The second-order valence-electron chi connectivity index (χ2n) is 12.0. The summed E-state index contributed by atoms with van der Waals surface area (Å²) in [7, 11) is 0. The van der Waals surface area contributed by atoms with Crippen molar-refractivity contribution in [1.29, 1.82) is 0 Å². The molecule has 0 radical (unpaired) electrons. The second kappa shape index (κ2) is 9.00. The van der Waals surface area contributed by atoms with E-state index in [0.717, 1.165) is 90.4 Å². The van der Waals surface area contributed by atoms with Gasteiger partial charge in [0.15, 0.2) is 16.7 Å². The molecule has 37 heavy (non-hydrogen) atoms. The van der Waals surface area contributed by atoms with E-state index in [1.54, 1.807) is 0 Å². The number of likely N-dealkylation sites (tertiary alicyclic amines) is 1. The highest BCUT2D eigenvalue weighted by molar-refractivity contribution is 8.18. The molecule has 0 aromatic heterocycles. The third-order valence-electron chi connectivity index (χ3n) is 9.45. The molecule has 4 saturated carbocycles. The van der Waals surface area contributed by atoms with Gasteiger partial charge in [-0.25, -0.2) is 4.39 Å². The van der Waals surface area contributed by atoms with Crippen molar-refractivity contribution in [2.24, 2.45) is 22.7 Å². The second-order valence-corrected chi connectivity index (χ2v) is 13.0. The van der Waals surface area contributed by atoms with Crippen LogP contribution in [-0.4, -0.2) is 34.2 Å². The van der Waals surface area contributed by atoms with E-state index in [-0.39, 0.29) is 17.1 Å². The average molecular weight is 517 g/mol. The molecular weight excluding hydrogens is 483 g/mol. The van der Waals surface area contributed by atoms with Crippen LogP contribution in [0.25, 0.3) is 17.2 Å². The number of carbonyl (C=O) groups is 1. The Bertz CT molecular complexity index is 1270. The van der Waals surface area contributed by atoms with Gasteiger partial charge in [0.05, 0.1) is 4.91 Å². The van der Waals surface area contributed by atoms with Crippen molar-refractivity contribution in [1.82, 2.24) is 4.90 Å². The molecular formula is C31H33FN2O2S. The van der Waals surface area contributed by atoms with E-state index in [9.17, 15) is 9.90 Å². The fourth-order valence-corrected chi connectivity index (χ4v) is 9.12. The molecule has 4 bridgehead atoms. The number of carbonyl (C=O) groups excluding carboxylic acids is 1. The molecule has 192 valence electrons. The van der Waals surface area contributed by atoms with E-state index >= 15 is 4.39 Å². The van der Waals surface area contributed by atoms with Crippen LogP contribution in [0, 0.1) is 23.6 Å². The van der Waals surface area contributed by atoms with Crippen molar-refractivity contribution in [3.05, 3.63) is 58.2 Å². The van der Waals surface area contributed by atoms with Crippen LogP contribution in [0.2, 0.25) is 0 Å². The Morgan fingerprint density at radius 1 is 0.946 bits per heavy atom. The van der Waals surface area contributed by atoms with Gasteiger partial charge in [-0.15, -0.1) is 0 Å². The lowest BCUT2D eigenvalue weighted by atomic mass is 9.48. The van der Waals surface area contributed by atoms with Crippen molar-refractivity contribution in [2.75, 3.05) is 13.1 Å². The summed E-state index contributed by atoms with van der Waals surface area (Å²) in [6.07, 6.45) is 12.6. The smallest absolute Gasteiger partial charge is 0.286 e. The molecule has 2 heterocycles. The molecule has 4 nitrogen and oxygen atoms in total. The highest BCUT2D eigenvalue weighted by Gasteiger charge is 2.52. The highest BCUT2D eigenvalue weighted by Crippen LogP contribution is 2.62. The molecule has 0 unspecified atom stereocenters. The number of aromatic hydroxyl groups is 1. The van der Waals surface area contributed by atoms with Gasteiger partial charge in [-0.05, 0) is 128 Å². The molecule has 1 N–H and O–H groups in total. The normalized spacial score (nSPS) is 31.9. The zero-order valence-electron chi connectivity index (χ0n) is 21.1. The third-order valence-corrected chi connectivity index (χ3v) is 10.5. The van der Waals surface area contributed by atoms with Gasteiger partial charge in [-0.1, -0.05) is 24.3 Å². The zero-order chi connectivity index (χ0) is 25.1. The minimum Gasteiger partial charge on any atom is -0.505 e. The molecule has 4 aliphatic carbocycles. The maximum atomic E-state index is 15.1. The van der Waals surface area contributed by atoms with Gasteiger partial charge < -0.3 is 10.0 Å². The number of halogens is 1. The van der Waals surface area contributed by atoms with Crippen LogP contribution in [0.15, 0.2) is 46.3 Å². The van der Waals surface area contributed by atoms with Gasteiger partial charge in [0.25, 0.3) is 5.91 Å². The first-order valence-corrected chi connectivity index (χ1v) is 14.7. The van der Waals surface area contributed by atoms with Crippen LogP contribution in [-0.2, 0) is 10.2 Å². The quantitative estimate of drug-likeness (QED) is 0.441. The standard InChI is InChI=1S/C31H33FN2O2S/c32-26-15-24(14-25(28(26)35)31-16-20-10-21(17-31)12-22(11-20)18-31)23-6-4-19(5-7-23)13-27-29(36)33-30(37-27)34-8-2-1-3-9-34/h4-7,13-15,20-22,35H,1-3,8-12,16-18H2/b27-13-. The molecule has 1 saturated heterocycles. The maximum absolute atomic E-state index is 15.1. The lowest BCUT2D eigenvalue weighted by molar-refractivity contribution is -0.113. The maximum Gasteiger partial charge on any atom is 0.286 e. The largest absolute Gasteiger partial charge is 0.505 e. The molecule has 2 aliphatic heterocycles. The van der Waals surface area contributed by atoms with Crippen LogP contribution < -0.4 is 0 Å². The summed E-state index contributed by atoms with van der Waals surface area (Å²) >= 11 is 1.46. The van der Waals surface area contributed by atoms with Crippen molar-refractivity contribution < 1.29 is 14.3 Å². The predicted octanol–water partition coefficient (Wildman–Crippen LogP) is 7.12. The number of rotatable bonds is 3. The molecule has 0 atom stereocenters. The van der Waals surface area contributed by atoms with Gasteiger partial charge in [0.1, 0.15) is 0 Å². The van der Waals surface area contributed by atoms with Crippen LogP contribution >= 0.6 is 11.8 Å². The molecule has 1 amide bonds. The first-order valence-electron chi connectivity index (χ1n) is 13.9. The predicted molar refractivity (Wildman–Crippen MR) is 147 cm³/mol. The average Bonchev–Trinajstić information content (AvgIpc) is 3.25. The highest BCUT2D eigenvalue weighted by atomic mass is 32.2. The Kier molecular flexibility index (Phi) is 5.72. The molecule has 6 heteroatoms. The first-order chi connectivity index (χ1) is 18.0. The number of aliphatic imine (C=N–C) groups is 1. The number of phenolic OH excluding ortho intramolecular Hbond substituents is 1. The summed E-state index contributed by atoms with van der Waals surface area (Å²) in [5.74, 6) is 1.33. The van der Waals surface area contributed by atoms with Crippen LogP contribution in [0.5, 0.6) is 5.75 Å². The summed E-state index contributed by atoms with van der Waals surface area (Å²) in [5, 5.41) is 11.7. The Hall–Kier alpha value is -2.60. The van der Waals surface area contributed by atoms with E-state index in [0.29, 0.717) is 4.91 Å². The molecule has 0 spiro atoms. The number of piperidine rings is 1. The van der Waals surface area contributed by atoms with Crippen molar-refractivity contribution in [2.45, 2.75) is 63.2 Å². The van der Waals surface area contributed by atoms with Gasteiger partial charge >= 0.3 is 0 Å². The number of hydrogen-bond acceptors (Lipinski definition) is 4. The topological polar surface area (TPSA) is 52.9 Å². The fraction of sp³-hybridized carbons (Fsp3) is 0.484. The van der Waals surface area contributed by atoms with E-state index in [1.807, 2.05) is 36.4 Å². The van der Waals surface area contributed by atoms with Crippen LogP contribution in [0.3, 0.4) is 0 Å². The summed E-state index contributed by atoms with van der Waals surface area (Å²) in [4.78, 5) is 19.7. The first kappa shape index (κ1) is 23.5. The monoisotopic (exact) mass is 516 g/mol. The molecule has 2 aromatic rings. The van der Waals surface area contributed by atoms with Crippen molar-refractivity contribution >= 4 is 28.9 Å². The Morgan fingerprint density at radius 2 is 1.59 bits per heavy atom. The number of amides is 1. The van der Waals surface area contributed by atoms with Gasteiger partial charge in [0.2, 0.25) is 0 Å². The summed E-state index contributed by atoms with van der Waals surface area (Å²) in [6.45, 7) is 1.94. The van der Waals surface area contributed by atoms with Gasteiger partial charge in [-0.2, -0.15) is 4.99 Å². The zero-order valence-corrected chi connectivity index (χ0v) is 21.9. The number of phenols is 1. The van der Waals surface area contributed by atoms with Gasteiger partial charge in [-0.3, -0.25) is 4.79 Å². The van der Waals surface area contributed by atoms with Crippen LogP contribution in [0.4, 0.5) is 4.39 Å². The SMILES string of the molecule is O=C1N=C(N2CCCCC2)S/C1=C\c1ccc(-c2cc(F)c(O)c(C34CC5CC(CC(C5)C3)C4)c2)cc1. The van der Waals surface area contributed by atoms with Crippen molar-refractivity contribution in [3.63, 3.8) is 0 Å². The summed E-state index contributed by atoms with van der Waals surface area (Å²) < 4.78 is 15.1. The Morgan fingerprint density at radius 3 is 2.24 bits per heavy atom. The minimum atomic E-state index is -0.523. The lowest BCUT2D eigenvalue weighted by Gasteiger charge is -2.57. The van der Waals surface area contributed by atoms with E-state index in [1.165, 1.54) is 43.5 Å². The number of thioether (sulfide) groups is 1. The van der Waals surface area contributed by atoms with E-state index in [4.69, 9.17) is 0 Å². The van der Waals surface area contributed by atoms with E-state index in [2.05, 4.69) is 9.89 Å². The Balaban J connectivity index is 1.14. The molecule has 2 aromatic carbocycles. The van der Waals surface area contributed by atoms with E-state index < -0.39 is 5.82 Å². The van der Waals surface area contributed by atoms with Gasteiger partial charge in [0, 0.05) is 18.7 Å². The molecule has 6 aliphatic rings.